The van der Waals surface area contributed by atoms with Gasteiger partial charge in [-0.1, -0.05) is 29.3 Å². The van der Waals surface area contributed by atoms with Crippen molar-refractivity contribution in [2.45, 2.75) is 5.75 Å². The summed E-state index contributed by atoms with van der Waals surface area (Å²) in [6, 6.07) is 8.43. The summed E-state index contributed by atoms with van der Waals surface area (Å²) in [7, 11) is 1.45. The molecule has 1 aromatic carbocycles. The molecule has 4 nitrogen and oxygen atoms in total. The standard InChI is InChI=1S/C16H11Cl2NO3S/c1-19-15(20)13(11-5-4-9(17)7-12(11)18)14(16(19)21)23-8-10-3-2-6-22-10/h2-7H,8H2,1H3. The van der Waals surface area contributed by atoms with Gasteiger partial charge in [-0.3, -0.25) is 14.5 Å². The summed E-state index contributed by atoms with van der Waals surface area (Å²) < 4.78 is 5.27. The fourth-order valence-electron chi connectivity index (χ4n) is 2.22. The van der Waals surface area contributed by atoms with Crippen LogP contribution in [-0.4, -0.2) is 23.8 Å². The SMILES string of the molecule is CN1C(=O)C(SCc2ccco2)=C(c2ccc(Cl)cc2Cl)C1=O. The summed E-state index contributed by atoms with van der Waals surface area (Å²) >= 11 is 13.4. The van der Waals surface area contributed by atoms with E-state index in [0.717, 1.165) is 10.7 Å². The summed E-state index contributed by atoms with van der Waals surface area (Å²) in [4.78, 5) is 26.3. The van der Waals surface area contributed by atoms with Crippen LogP contribution in [0.3, 0.4) is 0 Å². The Bertz CT molecular complexity index is 815. The smallest absolute Gasteiger partial charge is 0.267 e. The van der Waals surface area contributed by atoms with Gasteiger partial charge in [0.1, 0.15) is 5.76 Å². The monoisotopic (exact) mass is 367 g/mol. The quantitative estimate of drug-likeness (QED) is 0.758. The number of halogens is 2. The first-order valence-electron chi connectivity index (χ1n) is 6.66. The van der Waals surface area contributed by atoms with Crippen LogP contribution in [0.15, 0.2) is 45.9 Å². The van der Waals surface area contributed by atoms with Crippen molar-refractivity contribution >= 4 is 52.4 Å². The zero-order valence-corrected chi connectivity index (χ0v) is 14.3. The lowest BCUT2D eigenvalue weighted by Crippen LogP contribution is -2.26. The highest BCUT2D eigenvalue weighted by Gasteiger charge is 2.37. The minimum absolute atomic E-state index is 0.302. The third-order valence-electron chi connectivity index (χ3n) is 3.38. The molecule has 0 saturated carbocycles. The van der Waals surface area contributed by atoms with E-state index in [2.05, 4.69) is 0 Å². The average molecular weight is 368 g/mol. The molecular formula is C16H11Cl2NO3S. The molecule has 1 aromatic heterocycles. The molecule has 0 saturated heterocycles. The molecule has 118 valence electrons. The predicted molar refractivity (Wildman–Crippen MR) is 91.2 cm³/mol. The molecule has 2 heterocycles. The summed E-state index contributed by atoms with van der Waals surface area (Å²) in [5, 5.41) is 0.800. The van der Waals surface area contributed by atoms with Gasteiger partial charge in [0.2, 0.25) is 0 Å². The Morgan fingerprint density at radius 3 is 2.61 bits per heavy atom. The Hall–Kier alpha value is -1.69. The normalized spacial score (nSPS) is 15.0. The molecule has 0 atom stereocenters. The fourth-order valence-corrected chi connectivity index (χ4v) is 3.77. The highest BCUT2D eigenvalue weighted by atomic mass is 35.5. The van der Waals surface area contributed by atoms with E-state index < -0.39 is 0 Å². The number of carbonyl (C=O) groups is 2. The van der Waals surface area contributed by atoms with Gasteiger partial charge in [0, 0.05) is 17.6 Å². The van der Waals surface area contributed by atoms with Crippen LogP contribution >= 0.6 is 35.0 Å². The minimum atomic E-state index is -0.374. The van der Waals surface area contributed by atoms with E-state index in [1.54, 1.807) is 30.5 Å². The van der Waals surface area contributed by atoms with Crippen molar-refractivity contribution in [2.24, 2.45) is 0 Å². The van der Waals surface area contributed by atoms with Crippen molar-refractivity contribution in [3.05, 3.63) is 62.9 Å². The maximum Gasteiger partial charge on any atom is 0.267 e. The number of imide groups is 1. The number of likely N-dealkylation sites (N-methyl/N-ethyl adjacent to an activating group) is 1. The molecule has 0 spiro atoms. The summed E-state index contributed by atoms with van der Waals surface area (Å²) in [6.07, 6.45) is 1.56. The molecule has 0 N–H and O–H groups in total. The first-order valence-corrected chi connectivity index (χ1v) is 8.40. The molecule has 0 unspecified atom stereocenters. The molecule has 1 aliphatic heterocycles. The van der Waals surface area contributed by atoms with E-state index in [1.807, 2.05) is 6.07 Å². The molecule has 2 aromatic rings. The molecule has 23 heavy (non-hydrogen) atoms. The summed E-state index contributed by atoms with van der Waals surface area (Å²) in [6.45, 7) is 0. The maximum absolute atomic E-state index is 12.4. The number of benzene rings is 1. The number of hydrogen-bond acceptors (Lipinski definition) is 4. The second-order valence-corrected chi connectivity index (χ2v) is 6.69. The van der Waals surface area contributed by atoms with Crippen LogP contribution < -0.4 is 0 Å². The lowest BCUT2D eigenvalue weighted by Gasteiger charge is -2.07. The van der Waals surface area contributed by atoms with Crippen molar-refractivity contribution in [2.75, 3.05) is 7.05 Å². The number of carbonyl (C=O) groups excluding carboxylic acids is 2. The fraction of sp³-hybridized carbons (Fsp3) is 0.125. The Kier molecular flexibility index (Phi) is 4.53. The van der Waals surface area contributed by atoms with Crippen molar-refractivity contribution in [1.82, 2.24) is 4.90 Å². The number of furan rings is 1. The van der Waals surface area contributed by atoms with Crippen LogP contribution in [0.25, 0.3) is 5.57 Å². The van der Waals surface area contributed by atoms with Crippen molar-refractivity contribution in [3.63, 3.8) is 0 Å². The first kappa shape index (κ1) is 16.2. The number of thioether (sulfide) groups is 1. The molecule has 0 aliphatic carbocycles. The van der Waals surface area contributed by atoms with Gasteiger partial charge >= 0.3 is 0 Å². The number of hydrogen-bond donors (Lipinski definition) is 0. The van der Waals surface area contributed by atoms with Crippen molar-refractivity contribution < 1.29 is 14.0 Å². The zero-order chi connectivity index (χ0) is 16.6. The zero-order valence-electron chi connectivity index (χ0n) is 12.0. The molecular weight excluding hydrogens is 357 g/mol. The summed E-state index contributed by atoms with van der Waals surface area (Å²) in [5.41, 5.74) is 0.802. The maximum atomic E-state index is 12.4. The van der Waals surface area contributed by atoms with E-state index in [1.165, 1.54) is 18.8 Å². The summed E-state index contributed by atoms with van der Waals surface area (Å²) in [5.74, 6) is 0.455. The van der Waals surface area contributed by atoms with Gasteiger partial charge in [-0.15, -0.1) is 11.8 Å². The first-order chi connectivity index (χ1) is 11.0. The van der Waals surface area contributed by atoms with E-state index in [0.29, 0.717) is 31.8 Å². The second kappa shape index (κ2) is 6.43. The highest BCUT2D eigenvalue weighted by molar-refractivity contribution is 8.03. The van der Waals surface area contributed by atoms with E-state index in [-0.39, 0.29) is 11.8 Å². The third-order valence-corrected chi connectivity index (χ3v) is 5.03. The van der Waals surface area contributed by atoms with Gasteiger partial charge < -0.3 is 4.42 Å². The highest BCUT2D eigenvalue weighted by Crippen LogP contribution is 2.39. The van der Waals surface area contributed by atoms with Crippen LogP contribution in [0.5, 0.6) is 0 Å². The lowest BCUT2D eigenvalue weighted by molar-refractivity contribution is -0.134. The molecule has 1 aliphatic rings. The molecule has 2 amide bonds. The van der Waals surface area contributed by atoms with Gasteiger partial charge in [0.15, 0.2) is 0 Å². The van der Waals surface area contributed by atoms with Gasteiger partial charge in [-0.25, -0.2) is 0 Å². The number of rotatable bonds is 4. The van der Waals surface area contributed by atoms with E-state index in [4.69, 9.17) is 27.6 Å². The van der Waals surface area contributed by atoms with Gasteiger partial charge in [0.25, 0.3) is 11.8 Å². The Morgan fingerprint density at radius 2 is 1.96 bits per heavy atom. The van der Waals surface area contributed by atoms with E-state index >= 15 is 0 Å². The molecule has 0 radical (unpaired) electrons. The Balaban J connectivity index is 2.02. The lowest BCUT2D eigenvalue weighted by atomic mass is 10.1. The molecule has 0 bridgehead atoms. The van der Waals surface area contributed by atoms with Gasteiger partial charge in [-0.2, -0.15) is 0 Å². The van der Waals surface area contributed by atoms with Gasteiger partial charge in [0.05, 0.1) is 27.5 Å². The number of amides is 2. The molecule has 7 heteroatoms. The third kappa shape index (κ3) is 3.04. The van der Waals surface area contributed by atoms with Crippen LogP contribution in [-0.2, 0) is 15.3 Å². The topological polar surface area (TPSA) is 50.5 Å². The largest absolute Gasteiger partial charge is 0.468 e. The molecule has 0 fully saturated rings. The van der Waals surface area contributed by atoms with Crippen LogP contribution in [0, 0.1) is 0 Å². The van der Waals surface area contributed by atoms with Crippen LogP contribution in [0.1, 0.15) is 11.3 Å². The minimum Gasteiger partial charge on any atom is -0.468 e. The Morgan fingerprint density at radius 1 is 1.17 bits per heavy atom. The molecule has 3 rings (SSSR count). The average Bonchev–Trinajstić information content (AvgIpc) is 3.10. The predicted octanol–water partition coefficient (Wildman–Crippen LogP) is 4.23. The number of nitrogens with zero attached hydrogens (tertiary/aromatic N) is 1. The van der Waals surface area contributed by atoms with Crippen molar-refractivity contribution in [3.8, 4) is 0 Å². The van der Waals surface area contributed by atoms with Crippen LogP contribution in [0.2, 0.25) is 10.0 Å². The van der Waals surface area contributed by atoms with Crippen molar-refractivity contribution in [1.29, 1.82) is 0 Å². The van der Waals surface area contributed by atoms with Gasteiger partial charge in [-0.05, 0) is 24.3 Å². The second-order valence-electron chi connectivity index (χ2n) is 4.87. The Labute approximate surface area is 147 Å². The van der Waals surface area contributed by atoms with E-state index in [9.17, 15) is 9.59 Å². The van der Waals surface area contributed by atoms with Crippen LogP contribution in [0.4, 0.5) is 0 Å².